The number of halogens is 2. The Morgan fingerprint density at radius 2 is 1.81 bits per heavy atom. The molecule has 9 nitrogen and oxygen atoms in total. The molecule has 0 spiro atoms. The van der Waals surface area contributed by atoms with Gasteiger partial charge in [-0.1, -0.05) is 58.8 Å². The molecule has 0 radical (unpaired) electrons. The zero-order chi connectivity index (χ0) is 26.5. The molecule has 2 N–H and O–H groups in total. The van der Waals surface area contributed by atoms with Gasteiger partial charge < -0.3 is 9.84 Å². The fraction of sp³-hybridized carbons (Fsp3) is 0.0800. The summed E-state index contributed by atoms with van der Waals surface area (Å²) < 4.78 is 5.24. The van der Waals surface area contributed by atoms with Gasteiger partial charge in [-0.2, -0.15) is 5.10 Å². The van der Waals surface area contributed by atoms with Crippen molar-refractivity contribution in [1.29, 1.82) is 0 Å². The van der Waals surface area contributed by atoms with E-state index in [1.54, 1.807) is 43.5 Å². The number of ether oxygens (including phenoxy) is 1. The average molecular weight is 557 g/mol. The van der Waals surface area contributed by atoms with E-state index in [1.165, 1.54) is 29.5 Å². The summed E-state index contributed by atoms with van der Waals surface area (Å²) >= 11 is 13.6. The second-order valence-electron chi connectivity index (χ2n) is 7.59. The molecule has 37 heavy (non-hydrogen) atoms. The van der Waals surface area contributed by atoms with Crippen molar-refractivity contribution in [3.63, 3.8) is 0 Å². The monoisotopic (exact) mass is 556 g/mol. The molecule has 4 aromatic rings. The van der Waals surface area contributed by atoms with Crippen LogP contribution in [0.15, 0.2) is 71.8 Å². The molecule has 12 heteroatoms. The minimum Gasteiger partial charge on any atom is -0.497 e. The lowest BCUT2D eigenvalue weighted by molar-refractivity contribution is -0.385. The van der Waals surface area contributed by atoms with Crippen molar-refractivity contribution < 1.29 is 19.6 Å². The minimum atomic E-state index is -1.32. The highest BCUT2D eigenvalue weighted by Crippen LogP contribution is 2.41. The van der Waals surface area contributed by atoms with Gasteiger partial charge in [0.2, 0.25) is 5.13 Å². The molecule has 188 valence electrons. The molecule has 0 fully saturated rings. The molecular weight excluding hydrogens is 539 g/mol. The second-order valence-corrected chi connectivity index (χ2v) is 9.41. The van der Waals surface area contributed by atoms with Crippen molar-refractivity contribution in [2.24, 2.45) is 5.10 Å². The lowest BCUT2D eigenvalue weighted by Crippen LogP contribution is -2.18. The largest absolute Gasteiger partial charge is 0.497 e. The summed E-state index contributed by atoms with van der Waals surface area (Å²) in [6, 6.07) is 18.4. The first-order chi connectivity index (χ1) is 17.8. The van der Waals surface area contributed by atoms with E-state index in [0.717, 1.165) is 16.0 Å². The number of benzene rings is 3. The van der Waals surface area contributed by atoms with Crippen molar-refractivity contribution in [3.8, 4) is 27.4 Å². The highest BCUT2D eigenvalue weighted by molar-refractivity contribution is 7.19. The average Bonchev–Trinajstić information content (AvgIpc) is 3.32. The molecule has 0 bridgehead atoms. The number of nitro benzene ring substituents is 1. The summed E-state index contributed by atoms with van der Waals surface area (Å²) in [6.45, 7) is 0. The number of hydrogen-bond donors (Lipinski definition) is 2. The molecule has 0 aliphatic carbocycles. The summed E-state index contributed by atoms with van der Waals surface area (Å²) in [5, 5.41) is 26.1. The maximum Gasteiger partial charge on any atom is 0.352 e. The van der Waals surface area contributed by atoms with E-state index < -0.39 is 10.9 Å². The molecule has 3 aromatic carbocycles. The third-order valence-corrected chi connectivity index (χ3v) is 7.00. The Kier molecular flexibility index (Phi) is 8.02. The summed E-state index contributed by atoms with van der Waals surface area (Å²) in [5.41, 5.74) is 4.59. The van der Waals surface area contributed by atoms with Crippen LogP contribution in [0, 0.1) is 10.1 Å². The van der Waals surface area contributed by atoms with Gasteiger partial charge in [0.1, 0.15) is 11.5 Å². The maximum absolute atomic E-state index is 11.9. The molecule has 1 heterocycles. The van der Waals surface area contributed by atoms with Gasteiger partial charge in [-0.15, -0.1) is 0 Å². The van der Waals surface area contributed by atoms with Crippen LogP contribution in [0.25, 0.3) is 21.7 Å². The number of thiazole rings is 1. The van der Waals surface area contributed by atoms with E-state index in [4.69, 9.17) is 27.9 Å². The highest BCUT2D eigenvalue weighted by atomic mass is 35.5. The lowest BCUT2D eigenvalue weighted by atomic mass is 10.1. The van der Waals surface area contributed by atoms with Crippen molar-refractivity contribution in [3.05, 3.63) is 92.5 Å². The highest BCUT2D eigenvalue weighted by Gasteiger charge is 2.20. The van der Waals surface area contributed by atoms with E-state index in [2.05, 4.69) is 15.5 Å². The zero-order valence-electron chi connectivity index (χ0n) is 19.1. The number of carboxylic acids is 1. The van der Waals surface area contributed by atoms with E-state index in [0.29, 0.717) is 26.6 Å². The van der Waals surface area contributed by atoms with Gasteiger partial charge in [0, 0.05) is 23.6 Å². The summed E-state index contributed by atoms with van der Waals surface area (Å²) in [6.07, 6.45) is -0.254. The van der Waals surface area contributed by atoms with Gasteiger partial charge in [-0.05, 0) is 42.0 Å². The van der Waals surface area contributed by atoms with Crippen LogP contribution in [0.1, 0.15) is 5.56 Å². The molecule has 1 aromatic heterocycles. The molecule has 4 rings (SSSR count). The standard InChI is InChI=1S/C25H18Cl2N4O5S/c1-36-17-9-6-14(7-10-17)22-23(16-8-11-18(26)19(27)12-16)37-25(28-22)30-29-20(24(32)33)13-15-4-2-3-5-21(15)31(34)35/h2-12H,13H2,1H3,(H,28,30)(H,32,33). The number of carboxylic acid groups (broad SMARTS) is 1. The van der Waals surface area contributed by atoms with Gasteiger partial charge >= 0.3 is 5.97 Å². The fourth-order valence-electron chi connectivity index (χ4n) is 3.44. The molecule has 0 unspecified atom stereocenters. The first-order valence-corrected chi connectivity index (χ1v) is 12.2. The Balaban J connectivity index is 1.71. The van der Waals surface area contributed by atoms with Gasteiger partial charge in [0.15, 0.2) is 0 Å². The number of hydrogen-bond acceptors (Lipinski definition) is 8. The number of aromatic nitrogens is 1. The summed E-state index contributed by atoms with van der Waals surface area (Å²) in [7, 11) is 1.57. The third kappa shape index (κ3) is 6.05. The molecule has 0 aliphatic heterocycles. The first-order valence-electron chi connectivity index (χ1n) is 10.7. The van der Waals surface area contributed by atoms with Crippen molar-refractivity contribution >= 4 is 57.0 Å². The molecule has 0 aliphatic rings. The minimum absolute atomic E-state index is 0.186. The van der Waals surface area contributed by atoms with Crippen LogP contribution in [-0.2, 0) is 11.2 Å². The quantitative estimate of drug-likeness (QED) is 0.132. The van der Waals surface area contributed by atoms with Crippen molar-refractivity contribution in [2.75, 3.05) is 12.5 Å². The number of nitrogens with zero attached hydrogens (tertiary/aromatic N) is 3. The molecule has 0 atom stereocenters. The van der Waals surface area contributed by atoms with Gasteiger partial charge in [0.25, 0.3) is 5.69 Å². The van der Waals surface area contributed by atoms with Crippen LogP contribution >= 0.6 is 34.5 Å². The smallest absolute Gasteiger partial charge is 0.352 e. The normalized spacial score (nSPS) is 11.3. The van der Waals surface area contributed by atoms with Crippen LogP contribution in [0.3, 0.4) is 0 Å². The number of methoxy groups -OCH3 is 1. The van der Waals surface area contributed by atoms with E-state index in [1.807, 2.05) is 12.1 Å². The summed E-state index contributed by atoms with van der Waals surface area (Å²) in [4.78, 5) is 28.0. The van der Waals surface area contributed by atoms with E-state index >= 15 is 0 Å². The van der Waals surface area contributed by atoms with E-state index in [9.17, 15) is 20.0 Å². The van der Waals surface area contributed by atoms with Crippen LogP contribution in [0.5, 0.6) is 5.75 Å². The maximum atomic E-state index is 11.9. The first kappa shape index (κ1) is 26.1. The number of anilines is 1. The van der Waals surface area contributed by atoms with Crippen molar-refractivity contribution in [2.45, 2.75) is 6.42 Å². The third-order valence-electron chi connectivity index (χ3n) is 5.25. The van der Waals surface area contributed by atoms with Crippen LogP contribution in [0.2, 0.25) is 10.0 Å². The van der Waals surface area contributed by atoms with Crippen molar-refractivity contribution in [1.82, 2.24) is 4.98 Å². The van der Waals surface area contributed by atoms with Crippen LogP contribution in [0.4, 0.5) is 10.8 Å². The van der Waals surface area contributed by atoms with Gasteiger partial charge in [0.05, 0.1) is 32.6 Å². The number of carbonyl (C=O) groups is 1. The SMILES string of the molecule is COc1ccc(-c2nc(NN=C(Cc3ccccc3[N+](=O)[O-])C(=O)O)sc2-c2ccc(Cl)c(Cl)c2)cc1. The Bertz CT molecular complexity index is 1510. The second kappa shape index (κ2) is 11.4. The Morgan fingerprint density at radius 1 is 1.11 bits per heavy atom. The summed E-state index contributed by atoms with van der Waals surface area (Å²) in [5.74, 6) is -0.638. The predicted molar refractivity (Wildman–Crippen MR) is 145 cm³/mol. The number of aliphatic carboxylic acids is 1. The molecular formula is C25H18Cl2N4O5S. The topological polar surface area (TPSA) is 127 Å². The predicted octanol–water partition coefficient (Wildman–Crippen LogP) is 6.80. The Hall–Kier alpha value is -3.99. The number of hydrazone groups is 1. The van der Waals surface area contributed by atoms with Gasteiger partial charge in [-0.25, -0.2) is 9.78 Å². The van der Waals surface area contributed by atoms with Crippen LogP contribution < -0.4 is 10.2 Å². The Labute approximate surface area is 225 Å². The van der Waals surface area contributed by atoms with E-state index in [-0.39, 0.29) is 23.4 Å². The number of nitro groups is 1. The van der Waals surface area contributed by atoms with Gasteiger partial charge in [-0.3, -0.25) is 15.5 Å². The Morgan fingerprint density at radius 3 is 2.46 bits per heavy atom. The molecule has 0 amide bonds. The number of rotatable bonds is 9. The zero-order valence-corrected chi connectivity index (χ0v) is 21.5. The number of nitrogens with one attached hydrogen (secondary N) is 1. The molecule has 0 saturated heterocycles. The molecule has 0 saturated carbocycles. The lowest BCUT2D eigenvalue weighted by Gasteiger charge is -2.05. The van der Waals surface area contributed by atoms with Crippen LogP contribution in [-0.4, -0.2) is 33.8 Å². The fourth-order valence-corrected chi connectivity index (χ4v) is 4.67. The number of para-hydroxylation sites is 1.